The summed E-state index contributed by atoms with van der Waals surface area (Å²) < 4.78 is 0. The van der Waals surface area contributed by atoms with Crippen LogP contribution in [0.25, 0.3) is 0 Å². The van der Waals surface area contributed by atoms with E-state index in [1.807, 2.05) is 42.5 Å². The molecule has 3 nitrogen and oxygen atoms in total. The second kappa shape index (κ2) is 8.01. The molecule has 1 saturated heterocycles. The molecule has 124 valence electrons. The van der Waals surface area contributed by atoms with Gasteiger partial charge in [-0.05, 0) is 42.0 Å². The fourth-order valence-corrected chi connectivity index (χ4v) is 3.82. The Hall–Kier alpha value is -1.56. The lowest BCUT2D eigenvalue weighted by Gasteiger charge is -2.20. The second-order valence-electron chi connectivity index (χ2n) is 5.55. The van der Waals surface area contributed by atoms with Crippen molar-refractivity contribution >= 4 is 51.5 Å². The van der Waals surface area contributed by atoms with Crippen molar-refractivity contribution < 1.29 is 0 Å². The van der Waals surface area contributed by atoms with Gasteiger partial charge in [0.1, 0.15) is 0 Å². The third kappa shape index (κ3) is 4.50. The zero-order valence-corrected chi connectivity index (χ0v) is 15.7. The van der Waals surface area contributed by atoms with Gasteiger partial charge < -0.3 is 5.32 Å². The van der Waals surface area contributed by atoms with Crippen LogP contribution in [0, 0.1) is 0 Å². The standard InChI is InChI=1S/C18H18ClN3S2/c1-13-12-22(17(23)20-11-14-5-3-2-4-6-14)18(24-13)21-16-9-7-15(19)8-10-16/h2-10,13H,11-12H2,1H3,(H,20,23)/t13-/m0/s1. The number of halogens is 1. The predicted octanol–water partition coefficient (Wildman–Crippen LogP) is 4.84. The van der Waals surface area contributed by atoms with Crippen LogP contribution in [0.2, 0.25) is 5.02 Å². The summed E-state index contributed by atoms with van der Waals surface area (Å²) in [7, 11) is 0. The number of thioether (sulfide) groups is 1. The minimum absolute atomic E-state index is 0.451. The molecule has 1 atom stereocenters. The number of nitrogens with zero attached hydrogens (tertiary/aromatic N) is 2. The molecule has 1 heterocycles. The van der Waals surface area contributed by atoms with Gasteiger partial charge in [-0.15, -0.1) is 0 Å². The van der Waals surface area contributed by atoms with Crippen LogP contribution < -0.4 is 5.32 Å². The maximum absolute atomic E-state index is 5.94. The maximum atomic E-state index is 5.94. The molecular formula is C18H18ClN3S2. The number of hydrogen-bond acceptors (Lipinski definition) is 3. The molecule has 1 fully saturated rings. The fourth-order valence-electron chi connectivity index (χ4n) is 2.37. The predicted molar refractivity (Wildman–Crippen MR) is 108 cm³/mol. The van der Waals surface area contributed by atoms with E-state index in [9.17, 15) is 0 Å². The molecule has 24 heavy (non-hydrogen) atoms. The lowest BCUT2D eigenvalue weighted by Crippen LogP contribution is -2.40. The van der Waals surface area contributed by atoms with Gasteiger partial charge in [-0.3, -0.25) is 4.90 Å². The van der Waals surface area contributed by atoms with Gasteiger partial charge in [0.25, 0.3) is 0 Å². The largest absolute Gasteiger partial charge is 0.358 e. The first-order valence-electron chi connectivity index (χ1n) is 7.72. The molecule has 0 saturated carbocycles. The first-order chi connectivity index (χ1) is 11.6. The molecule has 0 aromatic heterocycles. The molecule has 2 aromatic carbocycles. The molecule has 1 N–H and O–H groups in total. The van der Waals surface area contributed by atoms with Crippen molar-refractivity contribution in [1.82, 2.24) is 10.2 Å². The summed E-state index contributed by atoms with van der Waals surface area (Å²) in [5.74, 6) is 0. The molecule has 2 aromatic rings. The van der Waals surface area contributed by atoms with Gasteiger partial charge in [-0.1, -0.05) is 60.6 Å². The Labute approximate surface area is 157 Å². The SMILES string of the molecule is C[C@H]1CN(C(=S)NCc2ccccc2)C(=Nc2ccc(Cl)cc2)S1. The van der Waals surface area contributed by atoms with Crippen molar-refractivity contribution in [3.8, 4) is 0 Å². The van der Waals surface area contributed by atoms with E-state index in [1.54, 1.807) is 11.8 Å². The first-order valence-corrected chi connectivity index (χ1v) is 9.38. The van der Waals surface area contributed by atoms with E-state index in [2.05, 4.69) is 29.3 Å². The number of aliphatic imine (C=N–C) groups is 1. The topological polar surface area (TPSA) is 27.6 Å². The van der Waals surface area contributed by atoms with Crippen LogP contribution in [0.15, 0.2) is 59.6 Å². The van der Waals surface area contributed by atoms with Crippen molar-refractivity contribution in [3.63, 3.8) is 0 Å². The van der Waals surface area contributed by atoms with Crippen molar-refractivity contribution in [2.45, 2.75) is 18.7 Å². The summed E-state index contributed by atoms with van der Waals surface area (Å²) in [6.45, 7) is 3.75. The fraction of sp³-hybridized carbons (Fsp3) is 0.222. The summed E-state index contributed by atoms with van der Waals surface area (Å²) in [5.41, 5.74) is 2.09. The third-order valence-electron chi connectivity index (χ3n) is 3.56. The summed E-state index contributed by atoms with van der Waals surface area (Å²) in [4.78, 5) is 6.80. The van der Waals surface area contributed by atoms with Gasteiger partial charge in [0.05, 0.1) is 5.69 Å². The molecule has 0 amide bonds. The van der Waals surface area contributed by atoms with E-state index in [-0.39, 0.29) is 0 Å². The Balaban J connectivity index is 1.70. The molecule has 0 unspecified atom stereocenters. The molecule has 6 heteroatoms. The highest BCUT2D eigenvalue weighted by Crippen LogP contribution is 2.28. The number of benzene rings is 2. The molecular weight excluding hydrogens is 358 g/mol. The highest BCUT2D eigenvalue weighted by molar-refractivity contribution is 8.14. The Morgan fingerprint density at radius 3 is 2.67 bits per heavy atom. The summed E-state index contributed by atoms with van der Waals surface area (Å²) in [5, 5.41) is 6.13. The quantitative estimate of drug-likeness (QED) is 0.777. The lowest BCUT2D eigenvalue weighted by molar-refractivity contribution is 0.613. The van der Waals surface area contributed by atoms with Crippen molar-refractivity contribution in [3.05, 3.63) is 65.2 Å². The second-order valence-corrected chi connectivity index (χ2v) is 7.78. The molecule has 0 radical (unpaired) electrons. The Bertz CT molecular complexity index is 732. The number of rotatable bonds is 3. The van der Waals surface area contributed by atoms with Crippen LogP contribution in [0.1, 0.15) is 12.5 Å². The molecule has 1 aliphatic rings. The van der Waals surface area contributed by atoms with Gasteiger partial charge >= 0.3 is 0 Å². The molecule has 0 aliphatic carbocycles. The van der Waals surface area contributed by atoms with Gasteiger partial charge in [0.15, 0.2) is 10.3 Å². The minimum atomic E-state index is 0.451. The smallest absolute Gasteiger partial charge is 0.175 e. The number of amidine groups is 1. The third-order valence-corrected chi connectivity index (χ3v) is 5.25. The molecule has 0 spiro atoms. The molecule has 0 bridgehead atoms. The monoisotopic (exact) mass is 375 g/mol. The van der Waals surface area contributed by atoms with Crippen molar-refractivity contribution in [1.29, 1.82) is 0 Å². The minimum Gasteiger partial charge on any atom is -0.358 e. The van der Waals surface area contributed by atoms with E-state index >= 15 is 0 Å². The summed E-state index contributed by atoms with van der Waals surface area (Å²) >= 11 is 13.3. The van der Waals surface area contributed by atoms with Crippen LogP contribution in [0.5, 0.6) is 0 Å². The zero-order chi connectivity index (χ0) is 16.9. The number of thiocarbonyl (C=S) groups is 1. The summed E-state index contributed by atoms with van der Waals surface area (Å²) in [6.07, 6.45) is 0. The highest BCUT2D eigenvalue weighted by Gasteiger charge is 2.28. The van der Waals surface area contributed by atoms with E-state index in [1.165, 1.54) is 5.56 Å². The van der Waals surface area contributed by atoms with Gasteiger partial charge in [0, 0.05) is 23.4 Å². The van der Waals surface area contributed by atoms with E-state index in [4.69, 9.17) is 28.8 Å². The van der Waals surface area contributed by atoms with E-state index in [0.717, 1.165) is 17.4 Å². The van der Waals surface area contributed by atoms with Crippen LogP contribution in [0.3, 0.4) is 0 Å². The van der Waals surface area contributed by atoms with Crippen molar-refractivity contribution in [2.24, 2.45) is 4.99 Å². The molecule has 1 aliphatic heterocycles. The number of nitrogens with one attached hydrogen (secondary N) is 1. The average molecular weight is 376 g/mol. The van der Waals surface area contributed by atoms with Gasteiger partial charge in [-0.25, -0.2) is 4.99 Å². The van der Waals surface area contributed by atoms with Crippen molar-refractivity contribution in [2.75, 3.05) is 6.54 Å². The van der Waals surface area contributed by atoms with Crippen LogP contribution in [-0.2, 0) is 6.54 Å². The van der Waals surface area contributed by atoms with E-state index < -0.39 is 0 Å². The Morgan fingerprint density at radius 2 is 1.96 bits per heavy atom. The maximum Gasteiger partial charge on any atom is 0.175 e. The zero-order valence-electron chi connectivity index (χ0n) is 13.3. The van der Waals surface area contributed by atoms with Crippen LogP contribution in [0.4, 0.5) is 5.69 Å². The summed E-state index contributed by atoms with van der Waals surface area (Å²) in [6, 6.07) is 17.8. The highest BCUT2D eigenvalue weighted by atomic mass is 35.5. The van der Waals surface area contributed by atoms with Crippen LogP contribution in [-0.4, -0.2) is 27.0 Å². The lowest BCUT2D eigenvalue weighted by atomic mass is 10.2. The van der Waals surface area contributed by atoms with Gasteiger partial charge in [-0.2, -0.15) is 0 Å². The van der Waals surface area contributed by atoms with Gasteiger partial charge in [0.2, 0.25) is 0 Å². The first kappa shape index (κ1) is 17.3. The normalized spacial score (nSPS) is 18.8. The Morgan fingerprint density at radius 1 is 1.25 bits per heavy atom. The average Bonchev–Trinajstić information content (AvgIpc) is 2.96. The Kier molecular flexibility index (Phi) is 5.76. The van der Waals surface area contributed by atoms with E-state index in [0.29, 0.717) is 21.9 Å². The number of hydrogen-bond donors (Lipinski definition) is 1. The molecule has 3 rings (SSSR count). The van der Waals surface area contributed by atoms with Crippen LogP contribution >= 0.6 is 35.6 Å².